The van der Waals surface area contributed by atoms with Crippen molar-refractivity contribution < 1.29 is 14.3 Å². The second kappa shape index (κ2) is 5.48. The van der Waals surface area contributed by atoms with Gasteiger partial charge in [-0.1, -0.05) is 30.3 Å². The van der Waals surface area contributed by atoms with E-state index in [4.69, 9.17) is 9.47 Å². The van der Waals surface area contributed by atoms with Gasteiger partial charge in [0.15, 0.2) is 0 Å². The largest absolute Gasteiger partial charge is 0.497 e. The molecule has 2 aromatic carbocycles. The molecule has 1 heterocycles. The topological polar surface area (TPSA) is 38.8 Å². The molecular weight excluding hydrogens is 266 g/mol. The summed E-state index contributed by atoms with van der Waals surface area (Å²) in [4.78, 5) is 13.8. The Bertz CT molecular complexity index is 624. The third-order valence-electron chi connectivity index (χ3n) is 3.76. The number of benzene rings is 2. The SMILES string of the molecule is COc1ccc([C@H]2[C@H](Oc3ccccc3)C(=O)N2C)cc1. The van der Waals surface area contributed by atoms with Crippen LogP contribution < -0.4 is 9.47 Å². The minimum absolute atomic E-state index is 0.000305. The molecule has 0 unspecified atom stereocenters. The van der Waals surface area contributed by atoms with Crippen LogP contribution in [-0.4, -0.2) is 31.1 Å². The van der Waals surface area contributed by atoms with Crippen LogP contribution in [0.5, 0.6) is 11.5 Å². The maximum absolute atomic E-state index is 12.0. The lowest BCUT2D eigenvalue weighted by molar-refractivity contribution is -0.160. The van der Waals surface area contributed by atoms with Crippen LogP contribution >= 0.6 is 0 Å². The number of para-hydroxylation sites is 1. The van der Waals surface area contributed by atoms with E-state index in [0.29, 0.717) is 5.75 Å². The standard InChI is InChI=1S/C17H17NO3/c1-18-15(12-8-10-13(20-2)11-9-12)16(17(18)19)21-14-6-4-3-5-7-14/h3-11,15-16H,1-2H3/t15-,16-/m0/s1. The number of nitrogens with zero attached hydrogens (tertiary/aromatic N) is 1. The number of carbonyl (C=O) groups excluding carboxylic acids is 1. The molecule has 1 aliphatic rings. The Morgan fingerprint density at radius 3 is 2.24 bits per heavy atom. The molecule has 0 N–H and O–H groups in total. The molecule has 0 aliphatic carbocycles. The number of hydrogen-bond acceptors (Lipinski definition) is 3. The quantitative estimate of drug-likeness (QED) is 0.810. The first-order valence-corrected chi connectivity index (χ1v) is 6.83. The van der Waals surface area contributed by atoms with Gasteiger partial charge in [0.1, 0.15) is 17.5 Å². The summed E-state index contributed by atoms with van der Waals surface area (Å²) in [6, 6.07) is 17.1. The monoisotopic (exact) mass is 283 g/mol. The number of amides is 1. The fourth-order valence-electron chi connectivity index (χ4n) is 2.55. The molecule has 0 aromatic heterocycles. The summed E-state index contributed by atoms with van der Waals surface area (Å²) in [7, 11) is 3.43. The molecule has 1 fully saturated rings. The third kappa shape index (κ3) is 2.44. The van der Waals surface area contributed by atoms with E-state index in [1.54, 1.807) is 19.1 Å². The van der Waals surface area contributed by atoms with Gasteiger partial charge >= 0.3 is 0 Å². The van der Waals surface area contributed by atoms with Crippen molar-refractivity contribution in [2.45, 2.75) is 12.1 Å². The van der Waals surface area contributed by atoms with Crippen LogP contribution in [0.15, 0.2) is 54.6 Å². The number of hydrogen-bond donors (Lipinski definition) is 0. The number of carbonyl (C=O) groups is 1. The van der Waals surface area contributed by atoms with Crippen LogP contribution in [0.3, 0.4) is 0 Å². The van der Waals surface area contributed by atoms with Gasteiger partial charge in [-0.25, -0.2) is 0 Å². The third-order valence-corrected chi connectivity index (χ3v) is 3.76. The van der Waals surface area contributed by atoms with Crippen molar-refractivity contribution in [1.82, 2.24) is 4.90 Å². The maximum atomic E-state index is 12.0. The van der Waals surface area contributed by atoms with Crippen molar-refractivity contribution in [2.75, 3.05) is 14.2 Å². The Labute approximate surface area is 123 Å². The molecule has 2 atom stereocenters. The summed E-state index contributed by atoms with van der Waals surface area (Å²) in [5.74, 6) is 1.51. The van der Waals surface area contributed by atoms with Crippen LogP contribution in [0, 0.1) is 0 Å². The molecule has 108 valence electrons. The zero-order valence-electron chi connectivity index (χ0n) is 12.0. The van der Waals surface area contributed by atoms with E-state index in [1.165, 1.54) is 0 Å². The molecule has 3 rings (SSSR count). The fourth-order valence-corrected chi connectivity index (χ4v) is 2.55. The highest BCUT2D eigenvalue weighted by Gasteiger charge is 2.47. The molecule has 4 heteroatoms. The molecule has 0 saturated carbocycles. The Balaban J connectivity index is 1.80. The van der Waals surface area contributed by atoms with Gasteiger partial charge in [0.2, 0.25) is 6.10 Å². The zero-order valence-corrected chi connectivity index (χ0v) is 12.0. The summed E-state index contributed by atoms with van der Waals surface area (Å²) >= 11 is 0. The normalized spacial score (nSPS) is 20.9. The van der Waals surface area contributed by atoms with Gasteiger partial charge in [-0.05, 0) is 29.8 Å². The van der Waals surface area contributed by atoms with Crippen LogP contribution in [-0.2, 0) is 4.79 Å². The zero-order chi connectivity index (χ0) is 14.8. The summed E-state index contributed by atoms with van der Waals surface area (Å²) in [6.45, 7) is 0. The van der Waals surface area contributed by atoms with Crippen LogP contribution in [0.2, 0.25) is 0 Å². The number of likely N-dealkylation sites (N-methyl/N-ethyl adjacent to an activating group) is 1. The highest BCUT2D eigenvalue weighted by Crippen LogP contribution is 2.36. The Morgan fingerprint density at radius 1 is 0.952 bits per heavy atom. The minimum atomic E-state index is -0.467. The molecule has 4 nitrogen and oxygen atoms in total. The first-order valence-electron chi connectivity index (χ1n) is 6.83. The predicted molar refractivity (Wildman–Crippen MR) is 79.4 cm³/mol. The highest BCUT2D eigenvalue weighted by atomic mass is 16.5. The molecule has 21 heavy (non-hydrogen) atoms. The maximum Gasteiger partial charge on any atom is 0.266 e. The second-order valence-corrected chi connectivity index (χ2v) is 5.02. The first kappa shape index (κ1) is 13.5. The Hall–Kier alpha value is -2.49. The molecule has 1 amide bonds. The van der Waals surface area contributed by atoms with Gasteiger partial charge in [0.05, 0.1) is 7.11 Å². The van der Waals surface area contributed by atoms with Crippen molar-refractivity contribution >= 4 is 5.91 Å². The highest BCUT2D eigenvalue weighted by molar-refractivity contribution is 5.89. The van der Waals surface area contributed by atoms with Crippen LogP contribution in [0.25, 0.3) is 0 Å². The molecule has 1 aliphatic heterocycles. The minimum Gasteiger partial charge on any atom is -0.497 e. The van der Waals surface area contributed by atoms with E-state index in [9.17, 15) is 4.79 Å². The van der Waals surface area contributed by atoms with E-state index in [2.05, 4.69) is 0 Å². The first-order chi connectivity index (χ1) is 10.2. The van der Waals surface area contributed by atoms with E-state index >= 15 is 0 Å². The number of β-lactam (4-membered cyclic amide) rings is 1. The summed E-state index contributed by atoms with van der Waals surface area (Å²) < 4.78 is 11.0. The lowest BCUT2D eigenvalue weighted by Crippen LogP contribution is -2.59. The van der Waals surface area contributed by atoms with E-state index < -0.39 is 6.10 Å². The van der Waals surface area contributed by atoms with E-state index in [1.807, 2.05) is 54.6 Å². The van der Waals surface area contributed by atoms with Crippen LogP contribution in [0.4, 0.5) is 0 Å². The smallest absolute Gasteiger partial charge is 0.266 e. The summed E-state index contributed by atoms with van der Waals surface area (Å²) in [6.07, 6.45) is -0.467. The summed E-state index contributed by atoms with van der Waals surface area (Å²) in [5, 5.41) is 0. The number of ether oxygens (including phenoxy) is 2. The van der Waals surface area contributed by atoms with Crippen molar-refractivity contribution in [1.29, 1.82) is 0 Å². The van der Waals surface area contributed by atoms with Crippen molar-refractivity contribution in [3.05, 3.63) is 60.2 Å². The second-order valence-electron chi connectivity index (χ2n) is 5.02. The van der Waals surface area contributed by atoms with Crippen LogP contribution in [0.1, 0.15) is 11.6 Å². The predicted octanol–water partition coefficient (Wildman–Crippen LogP) is 2.66. The molecule has 0 radical (unpaired) electrons. The lowest BCUT2D eigenvalue weighted by atomic mass is 9.91. The molecular formula is C17H17NO3. The molecule has 0 spiro atoms. The Kier molecular flexibility index (Phi) is 3.52. The molecule has 2 aromatic rings. The van der Waals surface area contributed by atoms with Crippen molar-refractivity contribution in [3.63, 3.8) is 0 Å². The van der Waals surface area contributed by atoms with Gasteiger partial charge in [-0.3, -0.25) is 4.79 Å². The Morgan fingerprint density at radius 2 is 1.62 bits per heavy atom. The average Bonchev–Trinajstić information content (AvgIpc) is 2.55. The van der Waals surface area contributed by atoms with Gasteiger partial charge in [-0.2, -0.15) is 0 Å². The summed E-state index contributed by atoms with van der Waals surface area (Å²) in [5.41, 5.74) is 1.04. The van der Waals surface area contributed by atoms with Gasteiger partial charge < -0.3 is 14.4 Å². The number of likely N-dealkylation sites (tertiary alicyclic amines) is 1. The van der Waals surface area contributed by atoms with E-state index in [-0.39, 0.29) is 11.9 Å². The fraction of sp³-hybridized carbons (Fsp3) is 0.235. The van der Waals surface area contributed by atoms with Crippen molar-refractivity contribution in [2.24, 2.45) is 0 Å². The lowest BCUT2D eigenvalue weighted by Gasteiger charge is -2.44. The van der Waals surface area contributed by atoms with Crippen molar-refractivity contribution in [3.8, 4) is 11.5 Å². The number of methoxy groups -OCH3 is 1. The van der Waals surface area contributed by atoms with Gasteiger partial charge in [0.25, 0.3) is 5.91 Å². The van der Waals surface area contributed by atoms with E-state index in [0.717, 1.165) is 11.3 Å². The van der Waals surface area contributed by atoms with Gasteiger partial charge in [0, 0.05) is 7.05 Å². The number of rotatable bonds is 4. The molecule has 1 saturated heterocycles. The van der Waals surface area contributed by atoms with Gasteiger partial charge in [-0.15, -0.1) is 0 Å². The molecule has 0 bridgehead atoms. The average molecular weight is 283 g/mol.